The fourth-order valence-electron chi connectivity index (χ4n) is 1.06. The SMILES string of the molecule is COC(C)(NC(=O)c1ccccc1)C(=O)[O-]. The number of carboxylic acid groups (broad SMARTS) is 1. The van der Waals surface area contributed by atoms with E-state index in [4.69, 9.17) is 4.74 Å². The summed E-state index contributed by atoms with van der Waals surface area (Å²) in [6.45, 7) is 1.21. The molecule has 1 rings (SSSR count). The summed E-state index contributed by atoms with van der Waals surface area (Å²) < 4.78 is 4.70. The molecular weight excluding hydrogens is 210 g/mol. The van der Waals surface area contributed by atoms with Crippen LogP contribution in [0.15, 0.2) is 30.3 Å². The van der Waals surface area contributed by atoms with Crippen molar-refractivity contribution in [2.24, 2.45) is 0 Å². The van der Waals surface area contributed by atoms with Crippen molar-refractivity contribution in [3.05, 3.63) is 35.9 Å². The largest absolute Gasteiger partial charge is 0.545 e. The van der Waals surface area contributed by atoms with Crippen LogP contribution in [0.25, 0.3) is 0 Å². The standard InChI is InChI=1S/C11H13NO4/c1-11(16-2,10(14)15)12-9(13)8-6-4-3-5-7-8/h3-7H,1-2H3,(H,12,13)(H,14,15)/p-1. The molecule has 5 heteroatoms. The summed E-state index contributed by atoms with van der Waals surface area (Å²) in [4.78, 5) is 22.4. The number of hydrogen-bond donors (Lipinski definition) is 1. The number of amides is 1. The van der Waals surface area contributed by atoms with Crippen LogP contribution in [0.5, 0.6) is 0 Å². The van der Waals surface area contributed by atoms with Gasteiger partial charge in [-0.1, -0.05) is 18.2 Å². The molecule has 5 nitrogen and oxygen atoms in total. The molecule has 1 amide bonds. The first-order chi connectivity index (χ1) is 7.49. The van der Waals surface area contributed by atoms with E-state index in [9.17, 15) is 14.7 Å². The van der Waals surface area contributed by atoms with Crippen molar-refractivity contribution in [2.45, 2.75) is 12.6 Å². The van der Waals surface area contributed by atoms with Gasteiger partial charge in [-0.25, -0.2) is 0 Å². The third-order valence-corrected chi connectivity index (χ3v) is 2.19. The lowest BCUT2D eigenvalue weighted by Gasteiger charge is -2.29. The van der Waals surface area contributed by atoms with E-state index in [1.54, 1.807) is 30.3 Å². The number of ether oxygens (including phenoxy) is 1. The molecule has 0 aliphatic rings. The fraction of sp³-hybridized carbons (Fsp3) is 0.273. The predicted molar refractivity (Wildman–Crippen MR) is 54.3 cm³/mol. The van der Waals surface area contributed by atoms with Crippen LogP contribution in [0.4, 0.5) is 0 Å². The Morgan fingerprint density at radius 3 is 2.31 bits per heavy atom. The van der Waals surface area contributed by atoms with E-state index < -0.39 is 17.6 Å². The van der Waals surface area contributed by atoms with Crippen LogP contribution in [-0.4, -0.2) is 24.7 Å². The maximum atomic E-state index is 11.6. The smallest absolute Gasteiger partial charge is 0.253 e. The van der Waals surface area contributed by atoms with Gasteiger partial charge >= 0.3 is 0 Å². The van der Waals surface area contributed by atoms with Gasteiger partial charge in [0.15, 0.2) is 5.72 Å². The van der Waals surface area contributed by atoms with E-state index in [1.807, 2.05) is 0 Å². The van der Waals surface area contributed by atoms with Crippen LogP contribution in [0.1, 0.15) is 17.3 Å². The molecule has 0 aliphatic carbocycles. The van der Waals surface area contributed by atoms with E-state index in [-0.39, 0.29) is 0 Å². The number of carbonyl (C=O) groups excluding carboxylic acids is 2. The van der Waals surface area contributed by atoms with Gasteiger partial charge < -0.3 is 20.0 Å². The minimum absolute atomic E-state index is 0.354. The molecule has 1 N–H and O–H groups in total. The summed E-state index contributed by atoms with van der Waals surface area (Å²) in [6, 6.07) is 8.25. The first-order valence-electron chi connectivity index (χ1n) is 4.64. The van der Waals surface area contributed by atoms with Crippen LogP contribution in [0.2, 0.25) is 0 Å². The highest BCUT2D eigenvalue weighted by molar-refractivity contribution is 5.96. The van der Waals surface area contributed by atoms with Gasteiger partial charge in [-0.3, -0.25) is 4.79 Å². The van der Waals surface area contributed by atoms with E-state index in [1.165, 1.54) is 14.0 Å². The second-order valence-electron chi connectivity index (χ2n) is 3.34. The van der Waals surface area contributed by atoms with Crippen LogP contribution < -0.4 is 10.4 Å². The molecule has 0 fully saturated rings. The Morgan fingerprint density at radius 1 is 1.31 bits per heavy atom. The minimum atomic E-state index is -1.83. The Morgan fingerprint density at radius 2 is 1.88 bits per heavy atom. The number of carboxylic acids is 1. The normalized spacial score (nSPS) is 13.9. The predicted octanol–water partition coefficient (Wildman–Crippen LogP) is -0.471. The monoisotopic (exact) mass is 222 g/mol. The molecular formula is C11H12NO4-. The van der Waals surface area contributed by atoms with Gasteiger partial charge in [0, 0.05) is 12.7 Å². The fourth-order valence-corrected chi connectivity index (χ4v) is 1.06. The second-order valence-corrected chi connectivity index (χ2v) is 3.34. The first-order valence-corrected chi connectivity index (χ1v) is 4.64. The van der Waals surface area contributed by atoms with Gasteiger partial charge in [0.05, 0.1) is 5.97 Å². The number of rotatable bonds is 4. The average molecular weight is 222 g/mol. The Hall–Kier alpha value is -1.88. The number of hydrogen-bond acceptors (Lipinski definition) is 4. The number of aliphatic carboxylic acids is 1. The summed E-state index contributed by atoms with van der Waals surface area (Å²) in [5.74, 6) is -2.03. The Balaban J connectivity index is 2.82. The van der Waals surface area contributed by atoms with Gasteiger partial charge in [-0.15, -0.1) is 0 Å². The average Bonchev–Trinajstić information content (AvgIpc) is 2.29. The van der Waals surface area contributed by atoms with E-state index >= 15 is 0 Å². The Labute approximate surface area is 93.0 Å². The lowest BCUT2D eigenvalue weighted by Crippen LogP contribution is -2.59. The molecule has 1 aromatic rings. The lowest BCUT2D eigenvalue weighted by molar-refractivity contribution is -0.326. The second kappa shape index (κ2) is 4.76. The molecule has 0 saturated carbocycles. The molecule has 1 atom stereocenters. The van der Waals surface area contributed by atoms with E-state index in [0.717, 1.165) is 0 Å². The molecule has 1 aromatic carbocycles. The van der Waals surface area contributed by atoms with Crippen molar-refractivity contribution in [1.82, 2.24) is 5.32 Å². The molecule has 86 valence electrons. The summed E-state index contributed by atoms with van der Waals surface area (Å²) in [5, 5.41) is 13.0. The Kier molecular flexibility index (Phi) is 3.63. The maximum absolute atomic E-state index is 11.6. The van der Waals surface area contributed by atoms with Gasteiger partial charge in [-0.2, -0.15) is 0 Å². The summed E-state index contributed by atoms with van der Waals surface area (Å²) >= 11 is 0. The summed E-state index contributed by atoms with van der Waals surface area (Å²) in [6.07, 6.45) is 0. The molecule has 0 aromatic heterocycles. The van der Waals surface area contributed by atoms with Crippen molar-refractivity contribution in [3.8, 4) is 0 Å². The third-order valence-electron chi connectivity index (χ3n) is 2.19. The van der Waals surface area contributed by atoms with Crippen LogP contribution in [0.3, 0.4) is 0 Å². The van der Waals surface area contributed by atoms with Crippen molar-refractivity contribution in [2.75, 3.05) is 7.11 Å². The van der Waals surface area contributed by atoms with Gasteiger partial charge in [0.1, 0.15) is 0 Å². The summed E-state index contributed by atoms with van der Waals surface area (Å²) in [5.41, 5.74) is -1.47. The van der Waals surface area contributed by atoms with E-state index in [0.29, 0.717) is 5.56 Å². The van der Waals surface area contributed by atoms with Crippen molar-refractivity contribution >= 4 is 11.9 Å². The van der Waals surface area contributed by atoms with Crippen LogP contribution in [-0.2, 0) is 9.53 Å². The summed E-state index contributed by atoms with van der Waals surface area (Å²) in [7, 11) is 1.18. The number of carbonyl (C=O) groups is 2. The number of benzene rings is 1. The van der Waals surface area contributed by atoms with Crippen molar-refractivity contribution < 1.29 is 19.4 Å². The van der Waals surface area contributed by atoms with Crippen molar-refractivity contribution in [3.63, 3.8) is 0 Å². The highest BCUT2D eigenvalue weighted by Gasteiger charge is 2.27. The zero-order valence-corrected chi connectivity index (χ0v) is 9.02. The van der Waals surface area contributed by atoms with Gasteiger partial charge in [0.25, 0.3) is 5.91 Å². The highest BCUT2D eigenvalue weighted by atomic mass is 16.5. The maximum Gasteiger partial charge on any atom is 0.253 e. The quantitative estimate of drug-likeness (QED) is 0.698. The number of nitrogens with one attached hydrogen (secondary N) is 1. The molecule has 0 radical (unpaired) electrons. The molecule has 0 aliphatic heterocycles. The van der Waals surface area contributed by atoms with E-state index in [2.05, 4.69) is 5.32 Å². The molecule has 0 heterocycles. The topological polar surface area (TPSA) is 78.5 Å². The van der Waals surface area contributed by atoms with Crippen molar-refractivity contribution in [1.29, 1.82) is 0 Å². The molecule has 0 saturated heterocycles. The van der Waals surface area contributed by atoms with Gasteiger partial charge in [-0.05, 0) is 19.1 Å². The highest BCUT2D eigenvalue weighted by Crippen LogP contribution is 2.06. The molecule has 0 bridgehead atoms. The Bertz CT molecular complexity index is 390. The first kappa shape index (κ1) is 12.2. The zero-order valence-electron chi connectivity index (χ0n) is 9.02. The van der Waals surface area contributed by atoms with Gasteiger partial charge in [0.2, 0.25) is 0 Å². The zero-order chi connectivity index (χ0) is 12.2. The van der Waals surface area contributed by atoms with Crippen LogP contribution >= 0.6 is 0 Å². The molecule has 16 heavy (non-hydrogen) atoms. The number of methoxy groups -OCH3 is 1. The minimum Gasteiger partial charge on any atom is -0.545 e. The lowest BCUT2D eigenvalue weighted by atomic mass is 10.2. The third kappa shape index (κ3) is 2.58. The van der Waals surface area contributed by atoms with Crippen LogP contribution in [0, 0.1) is 0 Å². The molecule has 0 spiro atoms. The molecule has 1 unspecified atom stereocenters.